The van der Waals surface area contributed by atoms with E-state index in [2.05, 4.69) is 5.32 Å². The molecule has 0 fully saturated rings. The smallest absolute Gasteiger partial charge is 0.275 e. The second kappa shape index (κ2) is 7.70. The van der Waals surface area contributed by atoms with E-state index in [-0.39, 0.29) is 11.6 Å². The SMILES string of the molecule is NC(=O)CCCCNCc1c(Cl)cccc1[N+](=O)[O-]. The number of halogens is 1. The van der Waals surface area contributed by atoms with E-state index >= 15 is 0 Å². The van der Waals surface area contributed by atoms with Gasteiger partial charge in [0.2, 0.25) is 5.91 Å². The molecule has 0 spiro atoms. The zero-order valence-electron chi connectivity index (χ0n) is 10.4. The molecule has 0 aliphatic rings. The molecule has 0 bridgehead atoms. The summed E-state index contributed by atoms with van der Waals surface area (Å²) in [6, 6.07) is 4.60. The number of hydrogen-bond acceptors (Lipinski definition) is 4. The molecule has 0 unspecified atom stereocenters. The van der Waals surface area contributed by atoms with Gasteiger partial charge in [0.25, 0.3) is 5.69 Å². The molecule has 1 rings (SSSR count). The molecule has 0 aliphatic heterocycles. The highest BCUT2D eigenvalue weighted by molar-refractivity contribution is 6.31. The molecule has 7 heteroatoms. The van der Waals surface area contributed by atoms with Gasteiger partial charge in [-0.3, -0.25) is 14.9 Å². The highest BCUT2D eigenvalue weighted by Gasteiger charge is 2.15. The number of nitro groups is 1. The first-order valence-electron chi connectivity index (χ1n) is 5.93. The number of benzene rings is 1. The molecule has 19 heavy (non-hydrogen) atoms. The molecule has 0 aliphatic carbocycles. The lowest BCUT2D eigenvalue weighted by atomic mass is 10.1. The summed E-state index contributed by atoms with van der Waals surface area (Å²) in [6.45, 7) is 0.974. The molecular formula is C12H16ClN3O3. The highest BCUT2D eigenvalue weighted by Crippen LogP contribution is 2.25. The first-order chi connectivity index (χ1) is 9.02. The minimum atomic E-state index is -0.448. The molecule has 1 aromatic rings. The number of nitrogens with two attached hydrogens (primary N) is 1. The van der Waals surface area contributed by atoms with Crippen molar-refractivity contribution in [3.63, 3.8) is 0 Å². The van der Waals surface area contributed by atoms with Crippen molar-refractivity contribution < 1.29 is 9.72 Å². The molecule has 0 saturated heterocycles. The Morgan fingerprint density at radius 1 is 1.42 bits per heavy atom. The Morgan fingerprint density at radius 3 is 2.79 bits per heavy atom. The number of nitrogens with zero attached hydrogens (tertiary/aromatic N) is 1. The number of carbonyl (C=O) groups is 1. The van der Waals surface area contributed by atoms with Crippen LogP contribution in [0.4, 0.5) is 5.69 Å². The zero-order valence-corrected chi connectivity index (χ0v) is 11.2. The third-order valence-corrected chi connectivity index (χ3v) is 2.97. The maximum absolute atomic E-state index is 10.9. The van der Waals surface area contributed by atoms with Gasteiger partial charge in [-0.05, 0) is 25.5 Å². The number of unbranched alkanes of at least 4 members (excludes halogenated alkanes) is 1. The summed E-state index contributed by atoms with van der Waals surface area (Å²) in [5, 5.41) is 14.3. The fourth-order valence-electron chi connectivity index (χ4n) is 1.66. The van der Waals surface area contributed by atoms with Crippen LogP contribution in [0.1, 0.15) is 24.8 Å². The molecule has 104 valence electrons. The minimum absolute atomic E-state index is 0.0112. The van der Waals surface area contributed by atoms with Crippen LogP contribution >= 0.6 is 11.6 Å². The van der Waals surface area contributed by atoms with Crippen LogP contribution < -0.4 is 11.1 Å². The van der Waals surface area contributed by atoms with Gasteiger partial charge >= 0.3 is 0 Å². The average molecular weight is 286 g/mol. The number of carbonyl (C=O) groups excluding carboxylic acids is 1. The van der Waals surface area contributed by atoms with Crippen LogP contribution in [0.3, 0.4) is 0 Å². The van der Waals surface area contributed by atoms with Crippen LogP contribution in [0.15, 0.2) is 18.2 Å². The van der Waals surface area contributed by atoms with E-state index < -0.39 is 4.92 Å². The van der Waals surface area contributed by atoms with Gasteiger partial charge in [0.1, 0.15) is 0 Å². The fourth-order valence-corrected chi connectivity index (χ4v) is 1.89. The number of nitrogens with one attached hydrogen (secondary N) is 1. The number of amides is 1. The lowest BCUT2D eigenvalue weighted by Gasteiger charge is -2.07. The van der Waals surface area contributed by atoms with E-state index in [9.17, 15) is 14.9 Å². The van der Waals surface area contributed by atoms with Gasteiger partial charge in [-0.2, -0.15) is 0 Å². The lowest BCUT2D eigenvalue weighted by molar-refractivity contribution is -0.385. The van der Waals surface area contributed by atoms with E-state index in [0.717, 1.165) is 6.42 Å². The third kappa shape index (κ3) is 5.23. The summed E-state index contributed by atoms with van der Waals surface area (Å²) in [6.07, 6.45) is 1.84. The van der Waals surface area contributed by atoms with Crippen LogP contribution in [0.2, 0.25) is 5.02 Å². The van der Waals surface area contributed by atoms with Gasteiger partial charge in [0.05, 0.1) is 15.5 Å². The van der Waals surface area contributed by atoms with Gasteiger partial charge in [0.15, 0.2) is 0 Å². The van der Waals surface area contributed by atoms with Gasteiger partial charge < -0.3 is 11.1 Å². The van der Waals surface area contributed by atoms with Gasteiger partial charge in [0, 0.05) is 19.0 Å². The first-order valence-corrected chi connectivity index (χ1v) is 6.31. The standard InChI is InChI=1S/C12H16ClN3O3/c13-10-4-3-5-11(16(18)19)9(10)8-15-7-2-1-6-12(14)17/h3-5,15H,1-2,6-8H2,(H2,14,17). The molecule has 0 heterocycles. The normalized spacial score (nSPS) is 10.4. The van der Waals surface area contributed by atoms with Gasteiger partial charge in [-0.15, -0.1) is 0 Å². The summed E-state index contributed by atoms with van der Waals surface area (Å²) in [5.74, 6) is -0.318. The third-order valence-electron chi connectivity index (χ3n) is 2.62. The topological polar surface area (TPSA) is 98.3 Å². The van der Waals surface area contributed by atoms with Crippen molar-refractivity contribution in [1.29, 1.82) is 0 Å². The average Bonchev–Trinajstić information content (AvgIpc) is 2.34. The Balaban J connectivity index is 2.45. The molecule has 6 nitrogen and oxygen atoms in total. The van der Waals surface area contributed by atoms with Crippen LogP contribution in [0.5, 0.6) is 0 Å². The maximum Gasteiger partial charge on any atom is 0.275 e. The first kappa shape index (κ1) is 15.4. The van der Waals surface area contributed by atoms with E-state index in [0.29, 0.717) is 36.5 Å². The predicted molar refractivity (Wildman–Crippen MR) is 72.9 cm³/mol. The molecule has 0 aromatic heterocycles. The number of primary amides is 1. The number of hydrogen-bond donors (Lipinski definition) is 2. The second-order valence-corrected chi connectivity index (χ2v) is 4.50. The fraction of sp³-hybridized carbons (Fsp3) is 0.417. The molecule has 0 saturated carbocycles. The van der Waals surface area contributed by atoms with Crippen LogP contribution in [-0.2, 0) is 11.3 Å². The monoisotopic (exact) mass is 285 g/mol. The molecule has 3 N–H and O–H groups in total. The zero-order chi connectivity index (χ0) is 14.3. The quantitative estimate of drug-likeness (QED) is 0.433. The molecule has 0 radical (unpaired) electrons. The summed E-state index contributed by atoms with van der Waals surface area (Å²) in [5.41, 5.74) is 5.51. The van der Waals surface area contributed by atoms with Crippen LogP contribution in [0, 0.1) is 10.1 Å². The molecular weight excluding hydrogens is 270 g/mol. The molecule has 1 aromatic carbocycles. The minimum Gasteiger partial charge on any atom is -0.370 e. The molecule has 1 amide bonds. The Bertz CT molecular complexity index is 466. The maximum atomic E-state index is 10.9. The van der Waals surface area contributed by atoms with E-state index in [1.165, 1.54) is 6.07 Å². The summed E-state index contributed by atoms with van der Waals surface area (Å²) < 4.78 is 0. The van der Waals surface area contributed by atoms with Crippen LogP contribution in [0.25, 0.3) is 0 Å². The lowest BCUT2D eigenvalue weighted by Crippen LogP contribution is -2.17. The summed E-state index contributed by atoms with van der Waals surface area (Å²) >= 11 is 5.95. The number of rotatable bonds is 8. The van der Waals surface area contributed by atoms with Gasteiger partial charge in [-0.1, -0.05) is 17.7 Å². The Kier molecular flexibility index (Phi) is 6.24. The van der Waals surface area contributed by atoms with E-state index in [4.69, 9.17) is 17.3 Å². The van der Waals surface area contributed by atoms with Crippen molar-refractivity contribution in [2.45, 2.75) is 25.8 Å². The van der Waals surface area contributed by atoms with Crippen molar-refractivity contribution in [3.8, 4) is 0 Å². The van der Waals surface area contributed by atoms with Crippen molar-refractivity contribution >= 4 is 23.2 Å². The highest BCUT2D eigenvalue weighted by atomic mass is 35.5. The predicted octanol–water partition coefficient (Wildman–Crippen LogP) is 1.99. The molecule has 0 atom stereocenters. The largest absolute Gasteiger partial charge is 0.370 e. The van der Waals surface area contributed by atoms with Crippen molar-refractivity contribution in [3.05, 3.63) is 38.9 Å². The van der Waals surface area contributed by atoms with Crippen molar-refractivity contribution in [1.82, 2.24) is 5.32 Å². The second-order valence-electron chi connectivity index (χ2n) is 4.09. The Hall–Kier alpha value is -1.66. The van der Waals surface area contributed by atoms with Crippen molar-refractivity contribution in [2.24, 2.45) is 5.73 Å². The van der Waals surface area contributed by atoms with Crippen LogP contribution in [-0.4, -0.2) is 17.4 Å². The summed E-state index contributed by atoms with van der Waals surface area (Å²) in [4.78, 5) is 20.9. The van der Waals surface area contributed by atoms with Gasteiger partial charge in [-0.25, -0.2) is 0 Å². The number of nitro benzene ring substituents is 1. The van der Waals surface area contributed by atoms with E-state index in [1.807, 2.05) is 0 Å². The van der Waals surface area contributed by atoms with E-state index in [1.54, 1.807) is 12.1 Å². The Morgan fingerprint density at radius 2 is 2.16 bits per heavy atom. The van der Waals surface area contributed by atoms with Crippen molar-refractivity contribution in [2.75, 3.05) is 6.54 Å². The Labute approximate surface area is 116 Å². The summed E-state index contributed by atoms with van der Waals surface area (Å²) in [7, 11) is 0.